The third-order valence-electron chi connectivity index (χ3n) is 2.72. The van der Waals surface area contributed by atoms with Crippen molar-refractivity contribution in [1.82, 2.24) is 4.72 Å². The van der Waals surface area contributed by atoms with Gasteiger partial charge in [-0.3, -0.25) is 0 Å². The minimum absolute atomic E-state index is 0.0117. The topological polar surface area (TPSA) is 90.9 Å². The van der Waals surface area contributed by atoms with E-state index in [-0.39, 0.29) is 28.5 Å². The van der Waals surface area contributed by atoms with Crippen molar-refractivity contribution >= 4 is 16.0 Å². The molecule has 0 fully saturated rings. The number of ether oxygens (including phenoxy) is 3. The molecule has 0 heterocycles. The highest BCUT2D eigenvalue weighted by molar-refractivity contribution is 7.89. The molecule has 0 aliphatic heterocycles. The van der Waals surface area contributed by atoms with Gasteiger partial charge in [0, 0.05) is 12.6 Å². The molecule has 0 aliphatic rings. The molecule has 8 heteroatoms. The molecule has 0 saturated carbocycles. The summed E-state index contributed by atoms with van der Waals surface area (Å²) in [5.41, 5.74) is 0.0117. The van der Waals surface area contributed by atoms with E-state index < -0.39 is 16.0 Å². The van der Waals surface area contributed by atoms with Crippen LogP contribution >= 0.6 is 0 Å². The molecule has 1 N–H and O–H groups in total. The lowest BCUT2D eigenvalue weighted by atomic mass is 10.2. The average Bonchev–Trinajstić information content (AvgIpc) is 2.50. The van der Waals surface area contributed by atoms with Crippen LogP contribution in [-0.4, -0.2) is 42.3 Å². The van der Waals surface area contributed by atoms with Crippen molar-refractivity contribution in [2.45, 2.75) is 18.2 Å². The van der Waals surface area contributed by atoms with Crippen LogP contribution in [0.5, 0.6) is 11.5 Å². The van der Waals surface area contributed by atoms with E-state index in [4.69, 9.17) is 9.47 Å². The first kappa shape index (κ1) is 17.3. The van der Waals surface area contributed by atoms with Crippen LogP contribution in [0.25, 0.3) is 0 Å². The number of nitrogens with one attached hydrogen (secondary N) is 1. The number of hydrogen-bond donors (Lipinski definition) is 1. The Hall–Kier alpha value is -1.80. The zero-order valence-corrected chi connectivity index (χ0v) is 13.2. The van der Waals surface area contributed by atoms with Gasteiger partial charge in [0.15, 0.2) is 0 Å². The molecular formula is C13H19NO6S. The standard InChI is InChI=1S/C13H19NO6S/c1-5-6-14-21(16,17)12-7-9(13(15)20-4)10(18-2)8-11(12)19-3/h7-8,14H,5-6H2,1-4H3. The Balaban J connectivity index is 3.46. The van der Waals surface area contributed by atoms with Crippen LogP contribution in [0.2, 0.25) is 0 Å². The Bertz CT molecular complexity index is 611. The van der Waals surface area contributed by atoms with E-state index in [1.54, 1.807) is 0 Å². The maximum absolute atomic E-state index is 12.2. The molecule has 118 valence electrons. The highest BCUT2D eigenvalue weighted by Gasteiger charge is 2.25. The predicted octanol–water partition coefficient (Wildman–Crippen LogP) is 1.18. The van der Waals surface area contributed by atoms with E-state index in [0.717, 1.165) is 0 Å². The summed E-state index contributed by atoms with van der Waals surface area (Å²) in [5, 5.41) is 0. The van der Waals surface area contributed by atoms with Gasteiger partial charge in [-0.05, 0) is 12.5 Å². The van der Waals surface area contributed by atoms with Crippen molar-refractivity contribution in [3.63, 3.8) is 0 Å². The first-order valence-corrected chi connectivity index (χ1v) is 7.73. The van der Waals surface area contributed by atoms with Gasteiger partial charge in [-0.1, -0.05) is 6.92 Å². The lowest BCUT2D eigenvalue weighted by molar-refractivity contribution is 0.0596. The summed E-state index contributed by atoms with van der Waals surface area (Å²) < 4.78 is 41.7. The molecule has 7 nitrogen and oxygen atoms in total. The molecule has 1 aromatic rings. The van der Waals surface area contributed by atoms with Gasteiger partial charge in [0.05, 0.1) is 21.3 Å². The second kappa shape index (κ2) is 7.28. The Morgan fingerprint density at radius 1 is 1.14 bits per heavy atom. The monoisotopic (exact) mass is 317 g/mol. The summed E-state index contributed by atoms with van der Waals surface area (Å²) >= 11 is 0. The molecule has 1 rings (SSSR count). The maximum Gasteiger partial charge on any atom is 0.341 e. The molecular weight excluding hydrogens is 298 g/mol. The van der Waals surface area contributed by atoms with Gasteiger partial charge in [0.2, 0.25) is 10.0 Å². The van der Waals surface area contributed by atoms with Crippen LogP contribution in [0.1, 0.15) is 23.7 Å². The number of hydrogen-bond acceptors (Lipinski definition) is 6. The summed E-state index contributed by atoms with van der Waals surface area (Å²) in [7, 11) is 0.116. The molecule has 0 saturated heterocycles. The normalized spacial score (nSPS) is 11.0. The minimum atomic E-state index is -3.79. The number of carbonyl (C=O) groups is 1. The van der Waals surface area contributed by atoms with Gasteiger partial charge < -0.3 is 14.2 Å². The van der Waals surface area contributed by atoms with E-state index in [2.05, 4.69) is 9.46 Å². The smallest absolute Gasteiger partial charge is 0.341 e. The van der Waals surface area contributed by atoms with Crippen molar-refractivity contribution < 1.29 is 27.4 Å². The number of rotatable bonds is 7. The predicted molar refractivity (Wildman–Crippen MR) is 76.4 cm³/mol. The summed E-state index contributed by atoms with van der Waals surface area (Å²) in [6.45, 7) is 2.12. The van der Waals surface area contributed by atoms with E-state index in [1.165, 1.54) is 33.5 Å². The van der Waals surface area contributed by atoms with Gasteiger partial charge in [0.25, 0.3) is 0 Å². The fourth-order valence-electron chi connectivity index (χ4n) is 1.66. The summed E-state index contributed by atoms with van der Waals surface area (Å²) in [4.78, 5) is 11.6. The SMILES string of the molecule is CCCNS(=O)(=O)c1cc(C(=O)OC)c(OC)cc1OC. The molecule has 1 aromatic carbocycles. The summed E-state index contributed by atoms with van der Waals surface area (Å²) in [6.07, 6.45) is 0.640. The zero-order chi connectivity index (χ0) is 16.0. The second-order valence-corrected chi connectivity index (χ2v) is 5.83. The quantitative estimate of drug-likeness (QED) is 0.759. The van der Waals surface area contributed by atoms with Crippen molar-refractivity contribution in [3.05, 3.63) is 17.7 Å². The molecule has 0 aromatic heterocycles. The lowest BCUT2D eigenvalue weighted by Gasteiger charge is -2.14. The number of esters is 1. The minimum Gasteiger partial charge on any atom is -0.496 e. The first-order valence-electron chi connectivity index (χ1n) is 6.25. The maximum atomic E-state index is 12.2. The number of benzene rings is 1. The summed E-state index contributed by atoms with van der Waals surface area (Å²) in [5.74, 6) is -0.433. The number of methoxy groups -OCH3 is 3. The van der Waals surface area contributed by atoms with Gasteiger partial charge in [-0.2, -0.15) is 0 Å². The molecule has 0 aliphatic carbocycles. The van der Waals surface area contributed by atoms with Crippen LogP contribution in [0.15, 0.2) is 17.0 Å². The molecule has 0 amide bonds. The molecule has 0 bridgehead atoms. The Kier molecular flexibility index (Phi) is 5.98. The van der Waals surface area contributed by atoms with Crippen LogP contribution in [0.4, 0.5) is 0 Å². The van der Waals surface area contributed by atoms with E-state index >= 15 is 0 Å². The lowest BCUT2D eigenvalue weighted by Crippen LogP contribution is -2.25. The number of carbonyl (C=O) groups excluding carboxylic acids is 1. The van der Waals surface area contributed by atoms with Crippen LogP contribution < -0.4 is 14.2 Å². The van der Waals surface area contributed by atoms with E-state index in [1.807, 2.05) is 6.92 Å². The number of sulfonamides is 1. The molecule has 21 heavy (non-hydrogen) atoms. The van der Waals surface area contributed by atoms with Crippen LogP contribution in [0, 0.1) is 0 Å². The fourth-order valence-corrected chi connectivity index (χ4v) is 2.97. The van der Waals surface area contributed by atoms with Crippen molar-refractivity contribution in [3.8, 4) is 11.5 Å². The van der Waals surface area contributed by atoms with Crippen molar-refractivity contribution in [2.75, 3.05) is 27.9 Å². The average molecular weight is 317 g/mol. The molecule has 0 atom stereocenters. The van der Waals surface area contributed by atoms with Crippen LogP contribution in [0.3, 0.4) is 0 Å². The second-order valence-electron chi connectivity index (χ2n) is 4.09. The highest BCUT2D eigenvalue weighted by Crippen LogP contribution is 2.32. The zero-order valence-electron chi connectivity index (χ0n) is 12.4. The van der Waals surface area contributed by atoms with Crippen LogP contribution in [-0.2, 0) is 14.8 Å². The largest absolute Gasteiger partial charge is 0.496 e. The van der Waals surface area contributed by atoms with Gasteiger partial charge >= 0.3 is 5.97 Å². The third-order valence-corrected chi connectivity index (χ3v) is 4.20. The molecule has 0 spiro atoms. The Labute approximate surface area is 124 Å². The highest BCUT2D eigenvalue weighted by atomic mass is 32.2. The van der Waals surface area contributed by atoms with E-state index in [0.29, 0.717) is 6.42 Å². The van der Waals surface area contributed by atoms with Gasteiger partial charge in [0.1, 0.15) is 22.0 Å². The van der Waals surface area contributed by atoms with Crippen molar-refractivity contribution in [1.29, 1.82) is 0 Å². The Morgan fingerprint density at radius 2 is 1.76 bits per heavy atom. The first-order chi connectivity index (χ1) is 9.91. The summed E-state index contributed by atoms with van der Waals surface area (Å²) in [6, 6.07) is 2.52. The van der Waals surface area contributed by atoms with Crippen molar-refractivity contribution in [2.24, 2.45) is 0 Å². The van der Waals surface area contributed by atoms with E-state index in [9.17, 15) is 13.2 Å². The van der Waals surface area contributed by atoms with Gasteiger partial charge in [-0.25, -0.2) is 17.9 Å². The molecule has 0 unspecified atom stereocenters. The fraction of sp³-hybridized carbons (Fsp3) is 0.462. The Morgan fingerprint density at radius 3 is 2.24 bits per heavy atom. The molecule has 0 radical (unpaired) electrons. The van der Waals surface area contributed by atoms with Gasteiger partial charge in [-0.15, -0.1) is 0 Å². The third kappa shape index (κ3) is 3.85.